The average molecular weight is 463 g/mol. The fourth-order valence-corrected chi connectivity index (χ4v) is 5.05. The molecule has 3 aliphatic rings. The highest BCUT2D eigenvalue weighted by Gasteiger charge is 2.39. The van der Waals surface area contributed by atoms with Gasteiger partial charge in [0.05, 0.1) is 12.7 Å². The number of carbonyl (C=O) groups excluding carboxylic acids is 3. The number of hydrogen-bond donors (Lipinski definition) is 0. The van der Waals surface area contributed by atoms with E-state index in [0.29, 0.717) is 55.5 Å². The molecule has 174 valence electrons. The van der Waals surface area contributed by atoms with Crippen LogP contribution in [0.15, 0.2) is 18.2 Å². The molecule has 0 spiro atoms. The Morgan fingerprint density at radius 1 is 0.875 bits per heavy atom. The number of halogens is 1. The lowest BCUT2D eigenvalue weighted by atomic mass is 10.1. The Bertz CT molecular complexity index is 866. The quantitative estimate of drug-likeness (QED) is 0.692. The van der Waals surface area contributed by atoms with E-state index in [4.69, 9.17) is 16.3 Å². The molecular weight excluding hydrogens is 432 g/mol. The number of methoxy groups -OCH3 is 1. The molecule has 0 unspecified atom stereocenters. The Labute approximate surface area is 194 Å². The van der Waals surface area contributed by atoms with Crippen molar-refractivity contribution in [2.75, 3.05) is 52.9 Å². The van der Waals surface area contributed by atoms with Gasteiger partial charge in [-0.1, -0.05) is 11.6 Å². The van der Waals surface area contributed by atoms with E-state index in [9.17, 15) is 14.4 Å². The maximum atomic E-state index is 13.3. The molecule has 9 heteroatoms. The van der Waals surface area contributed by atoms with Gasteiger partial charge in [0.15, 0.2) is 0 Å². The molecule has 0 N–H and O–H groups in total. The Hall–Kier alpha value is -2.48. The van der Waals surface area contributed by atoms with Crippen molar-refractivity contribution in [2.45, 2.75) is 38.1 Å². The fourth-order valence-electron chi connectivity index (χ4n) is 4.88. The Morgan fingerprint density at radius 3 is 2.22 bits per heavy atom. The molecule has 32 heavy (non-hydrogen) atoms. The highest BCUT2D eigenvalue weighted by molar-refractivity contribution is 6.31. The van der Waals surface area contributed by atoms with E-state index in [1.54, 1.807) is 28.0 Å². The summed E-state index contributed by atoms with van der Waals surface area (Å²) in [7, 11) is 1.51. The number of benzene rings is 1. The second-order valence-corrected chi connectivity index (χ2v) is 9.08. The van der Waals surface area contributed by atoms with E-state index in [2.05, 4.69) is 0 Å². The molecule has 3 aliphatic heterocycles. The van der Waals surface area contributed by atoms with Gasteiger partial charge in [0, 0.05) is 50.8 Å². The van der Waals surface area contributed by atoms with Crippen LogP contribution in [0.3, 0.4) is 0 Å². The standard InChI is InChI=1S/C23H31ClN4O4/c1-32-20-8-7-17(24)16-18(20)21(29)28-11-5-6-19(28)22(30)25-12-14-27(15-13-25)23(31)26-9-3-2-4-10-26/h7-8,16,19H,2-6,9-15H2,1H3/t19-/m1/s1. The largest absolute Gasteiger partial charge is 0.496 e. The zero-order valence-electron chi connectivity index (χ0n) is 18.6. The van der Waals surface area contributed by atoms with Crippen LogP contribution in [0.2, 0.25) is 5.02 Å². The first kappa shape index (κ1) is 22.7. The van der Waals surface area contributed by atoms with Gasteiger partial charge in [-0.25, -0.2) is 4.79 Å². The Kier molecular flexibility index (Phi) is 7.08. The number of nitrogens with zero attached hydrogens (tertiary/aromatic N) is 4. The molecule has 0 saturated carbocycles. The van der Waals surface area contributed by atoms with Crippen LogP contribution in [0.4, 0.5) is 4.79 Å². The lowest BCUT2D eigenvalue weighted by molar-refractivity contribution is -0.136. The van der Waals surface area contributed by atoms with Crippen molar-refractivity contribution in [3.05, 3.63) is 28.8 Å². The highest BCUT2D eigenvalue weighted by Crippen LogP contribution is 2.28. The van der Waals surface area contributed by atoms with E-state index in [0.717, 1.165) is 32.4 Å². The molecule has 3 saturated heterocycles. The highest BCUT2D eigenvalue weighted by atomic mass is 35.5. The van der Waals surface area contributed by atoms with Crippen LogP contribution in [0.1, 0.15) is 42.5 Å². The number of amides is 4. The van der Waals surface area contributed by atoms with Crippen LogP contribution in [0.5, 0.6) is 5.75 Å². The summed E-state index contributed by atoms with van der Waals surface area (Å²) in [6.45, 7) is 4.23. The van der Waals surface area contributed by atoms with Crippen LogP contribution in [0, 0.1) is 0 Å². The summed E-state index contributed by atoms with van der Waals surface area (Å²) in [6, 6.07) is 4.53. The number of urea groups is 1. The predicted molar refractivity (Wildman–Crippen MR) is 121 cm³/mol. The molecule has 1 aromatic rings. The SMILES string of the molecule is COc1ccc(Cl)cc1C(=O)N1CCC[C@@H]1C(=O)N1CCN(C(=O)N2CCCCC2)CC1. The molecule has 1 aromatic carbocycles. The Morgan fingerprint density at radius 2 is 1.53 bits per heavy atom. The monoisotopic (exact) mass is 462 g/mol. The van der Waals surface area contributed by atoms with E-state index >= 15 is 0 Å². The van der Waals surface area contributed by atoms with Gasteiger partial charge < -0.3 is 24.3 Å². The molecule has 3 fully saturated rings. The minimum atomic E-state index is -0.490. The normalized spacial score (nSPS) is 21.6. The van der Waals surface area contributed by atoms with Gasteiger partial charge in [-0.05, 0) is 50.3 Å². The number of likely N-dealkylation sites (tertiary alicyclic amines) is 2. The van der Waals surface area contributed by atoms with Crippen LogP contribution < -0.4 is 4.74 Å². The summed E-state index contributed by atoms with van der Waals surface area (Å²) in [5.41, 5.74) is 0.372. The van der Waals surface area contributed by atoms with Gasteiger partial charge >= 0.3 is 6.03 Å². The number of rotatable bonds is 3. The molecule has 3 heterocycles. The summed E-state index contributed by atoms with van der Waals surface area (Å²) >= 11 is 6.10. The molecule has 0 aromatic heterocycles. The topological polar surface area (TPSA) is 73.4 Å². The van der Waals surface area contributed by atoms with Gasteiger partial charge in [-0.15, -0.1) is 0 Å². The number of piperazine rings is 1. The number of piperidine rings is 1. The van der Waals surface area contributed by atoms with Crippen LogP contribution in [-0.4, -0.2) is 96.4 Å². The van der Waals surface area contributed by atoms with E-state index in [-0.39, 0.29) is 17.8 Å². The van der Waals surface area contributed by atoms with Crippen LogP contribution in [0.25, 0.3) is 0 Å². The first-order valence-corrected chi connectivity index (χ1v) is 11.8. The second-order valence-electron chi connectivity index (χ2n) is 8.64. The van der Waals surface area contributed by atoms with Crippen molar-refractivity contribution in [1.29, 1.82) is 0 Å². The lowest BCUT2D eigenvalue weighted by Crippen LogP contribution is -2.57. The summed E-state index contributed by atoms with van der Waals surface area (Å²) in [6.07, 6.45) is 4.73. The molecule has 4 amide bonds. The molecule has 4 rings (SSSR count). The van der Waals surface area contributed by atoms with Crippen molar-refractivity contribution in [3.8, 4) is 5.75 Å². The summed E-state index contributed by atoms with van der Waals surface area (Å²) in [5, 5.41) is 0.450. The third kappa shape index (κ3) is 4.65. The van der Waals surface area contributed by atoms with Crippen molar-refractivity contribution in [2.24, 2.45) is 0 Å². The summed E-state index contributed by atoms with van der Waals surface area (Å²) in [5.74, 6) is 0.170. The molecular formula is C23H31ClN4O4. The lowest BCUT2D eigenvalue weighted by Gasteiger charge is -2.40. The fraction of sp³-hybridized carbons (Fsp3) is 0.609. The third-order valence-corrected chi connectivity index (χ3v) is 6.91. The van der Waals surface area contributed by atoms with Gasteiger partial charge in [0.1, 0.15) is 11.8 Å². The number of ether oxygens (including phenoxy) is 1. The smallest absolute Gasteiger partial charge is 0.320 e. The van der Waals surface area contributed by atoms with Gasteiger partial charge in [0.25, 0.3) is 5.91 Å². The zero-order valence-corrected chi connectivity index (χ0v) is 19.4. The third-order valence-electron chi connectivity index (χ3n) is 6.68. The summed E-state index contributed by atoms with van der Waals surface area (Å²) < 4.78 is 5.33. The van der Waals surface area contributed by atoms with Gasteiger partial charge in [0.2, 0.25) is 5.91 Å². The Balaban J connectivity index is 1.38. The molecule has 0 aliphatic carbocycles. The zero-order chi connectivity index (χ0) is 22.7. The maximum absolute atomic E-state index is 13.3. The molecule has 0 bridgehead atoms. The first-order chi connectivity index (χ1) is 15.5. The molecule has 8 nitrogen and oxygen atoms in total. The van der Waals surface area contributed by atoms with E-state index < -0.39 is 6.04 Å². The van der Waals surface area contributed by atoms with Crippen molar-refractivity contribution in [1.82, 2.24) is 19.6 Å². The van der Waals surface area contributed by atoms with Crippen LogP contribution in [-0.2, 0) is 4.79 Å². The van der Waals surface area contributed by atoms with Gasteiger partial charge in [-0.2, -0.15) is 0 Å². The van der Waals surface area contributed by atoms with E-state index in [1.165, 1.54) is 13.5 Å². The van der Waals surface area contributed by atoms with Crippen molar-refractivity contribution in [3.63, 3.8) is 0 Å². The second kappa shape index (κ2) is 9.98. The number of carbonyl (C=O) groups is 3. The minimum Gasteiger partial charge on any atom is -0.496 e. The first-order valence-electron chi connectivity index (χ1n) is 11.5. The molecule has 0 radical (unpaired) electrons. The van der Waals surface area contributed by atoms with E-state index in [1.807, 2.05) is 9.80 Å². The minimum absolute atomic E-state index is 0.0399. The van der Waals surface area contributed by atoms with Gasteiger partial charge in [-0.3, -0.25) is 9.59 Å². The van der Waals surface area contributed by atoms with Crippen molar-refractivity contribution < 1.29 is 19.1 Å². The summed E-state index contributed by atoms with van der Waals surface area (Å²) in [4.78, 5) is 46.5. The number of hydrogen-bond acceptors (Lipinski definition) is 4. The van der Waals surface area contributed by atoms with Crippen LogP contribution >= 0.6 is 11.6 Å². The maximum Gasteiger partial charge on any atom is 0.320 e. The van der Waals surface area contributed by atoms with Crippen molar-refractivity contribution >= 4 is 29.4 Å². The average Bonchev–Trinajstić information content (AvgIpc) is 3.33. The predicted octanol–water partition coefficient (Wildman–Crippen LogP) is 2.70. The molecule has 1 atom stereocenters.